The first-order valence-electron chi connectivity index (χ1n) is 12.0. The predicted molar refractivity (Wildman–Crippen MR) is 132 cm³/mol. The Bertz CT molecular complexity index is 1060. The topological polar surface area (TPSA) is 96.3 Å². The van der Waals surface area contributed by atoms with Crippen LogP contribution < -0.4 is 10.6 Å². The highest BCUT2D eigenvalue weighted by Crippen LogP contribution is 2.29. The minimum Gasteiger partial charge on any atom is -0.351 e. The number of carbonyl (C=O) groups is 3. The second kappa shape index (κ2) is 10.2. The van der Waals surface area contributed by atoms with Gasteiger partial charge in [0.2, 0.25) is 5.91 Å². The predicted octanol–water partition coefficient (Wildman–Crippen LogP) is 3.22. The van der Waals surface area contributed by atoms with E-state index in [9.17, 15) is 14.4 Å². The first-order chi connectivity index (χ1) is 16.4. The third-order valence-corrected chi connectivity index (χ3v) is 7.51. The van der Waals surface area contributed by atoms with Crippen LogP contribution in [0.15, 0.2) is 35.2 Å². The molecule has 1 fully saturated rings. The zero-order valence-electron chi connectivity index (χ0n) is 20.1. The monoisotopic (exact) mass is 483 g/mol. The van der Waals surface area contributed by atoms with Crippen molar-refractivity contribution in [2.75, 3.05) is 12.8 Å². The fourth-order valence-electron chi connectivity index (χ4n) is 4.75. The molecule has 1 saturated carbocycles. The van der Waals surface area contributed by atoms with Gasteiger partial charge in [-0.3, -0.25) is 19.1 Å². The molecule has 3 amide bonds. The lowest BCUT2D eigenvalue weighted by Gasteiger charge is -2.43. The molecular weight excluding hydrogens is 450 g/mol. The molecule has 34 heavy (non-hydrogen) atoms. The van der Waals surface area contributed by atoms with E-state index >= 15 is 0 Å². The maximum atomic E-state index is 13.4. The fraction of sp³-hybridized carbons (Fsp3) is 0.520. The number of hydrogen-bond acceptors (Lipinski definition) is 5. The molecule has 2 heterocycles. The summed E-state index contributed by atoms with van der Waals surface area (Å²) in [4.78, 5) is 42.3. The van der Waals surface area contributed by atoms with E-state index in [0.29, 0.717) is 18.8 Å². The van der Waals surface area contributed by atoms with Crippen LogP contribution in [-0.2, 0) is 17.9 Å². The van der Waals surface area contributed by atoms with Gasteiger partial charge in [0.05, 0.1) is 6.54 Å². The Labute approximate surface area is 204 Å². The van der Waals surface area contributed by atoms with Crippen molar-refractivity contribution in [3.63, 3.8) is 0 Å². The molecular formula is C25H33N5O3S. The fourth-order valence-corrected chi connectivity index (χ4v) is 5.16. The van der Waals surface area contributed by atoms with Gasteiger partial charge in [0, 0.05) is 30.1 Å². The van der Waals surface area contributed by atoms with Gasteiger partial charge < -0.3 is 15.5 Å². The minimum absolute atomic E-state index is 0.151. The summed E-state index contributed by atoms with van der Waals surface area (Å²) in [7, 11) is 0. The van der Waals surface area contributed by atoms with Crippen LogP contribution in [0.1, 0.15) is 72.5 Å². The first kappa shape index (κ1) is 24.3. The number of amides is 3. The minimum atomic E-state index is -1.05. The maximum Gasteiger partial charge on any atom is 0.273 e. The van der Waals surface area contributed by atoms with Crippen molar-refractivity contribution in [2.24, 2.45) is 0 Å². The van der Waals surface area contributed by atoms with E-state index in [1.54, 1.807) is 23.6 Å². The molecule has 1 aliphatic heterocycles. The molecule has 0 bridgehead atoms. The number of hydrogen-bond donors (Lipinski definition) is 2. The van der Waals surface area contributed by atoms with Crippen LogP contribution in [0.25, 0.3) is 0 Å². The summed E-state index contributed by atoms with van der Waals surface area (Å²) >= 11 is 1.66. The molecule has 2 aliphatic rings. The Morgan fingerprint density at radius 2 is 1.91 bits per heavy atom. The maximum absolute atomic E-state index is 13.4. The van der Waals surface area contributed by atoms with Crippen molar-refractivity contribution in [3.8, 4) is 0 Å². The number of nitrogens with one attached hydrogen (secondary N) is 2. The highest BCUT2D eigenvalue weighted by Gasteiger charge is 2.48. The zero-order chi connectivity index (χ0) is 24.3. The summed E-state index contributed by atoms with van der Waals surface area (Å²) in [5.74, 6) is -0.763. The lowest BCUT2D eigenvalue weighted by atomic mass is 9.94. The summed E-state index contributed by atoms with van der Waals surface area (Å²) < 4.78 is 1.52. The Kier molecular flexibility index (Phi) is 7.30. The van der Waals surface area contributed by atoms with E-state index in [1.807, 2.05) is 37.4 Å². The molecule has 8 nitrogen and oxygen atoms in total. The molecule has 0 saturated heterocycles. The van der Waals surface area contributed by atoms with Crippen LogP contribution in [0.3, 0.4) is 0 Å². The number of rotatable bonds is 8. The van der Waals surface area contributed by atoms with Crippen LogP contribution in [0.2, 0.25) is 0 Å². The van der Waals surface area contributed by atoms with E-state index in [-0.39, 0.29) is 36.0 Å². The van der Waals surface area contributed by atoms with Crippen molar-refractivity contribution < 1.29 is 14.4 Å². The summed E-state index contributed by atoms with van der Waals surface area (Å²) in [6, 6.07) is 9.68. The van der Waals surface area contributed by atoms with E-state index in [0.717, 1.165) is 42.6 Å². The third kappa shape index (κ3) is 4.85. The standard InChI is InChI=1S/C25H33N5O3S/c1-4-13-29-23(32)21-14-20(22(31)26-15-17-9-11-19(34-3)12-10-17)28-30(21)16-25(29,2)24(33)27-18-7-5-6-8-18/h9-12,14,18H,4-8,13,15-16H2,1-3H3,(H,26,31)(H,27,33)/t25-/m0/s1. The van der Waals surface area contributed by atoms with Crippen LogP contribution >= 0.6 is 11.8 Å². The van der Waals surface area contributed by atoms with Crippen LogP contribution in [0.4, 0.5) is 0 Å². The summed E-state index contributed by atoms with van der Waals surface area (Å²) in [6.45, 7) is 4.84. The average Bonchev–Trinajstić information content (AvgIpc) is 3.50. The van der Waals surface area contributed by atoms with Crippen LogP contribution in [0.5, 0.6) is 0 Å². The molecule has 2 N–H and O–H groups in total. The molecule has 1 aromatic carbocycles. The number of carbonyl (C=O) groups excluding carboxylic acids is 3. The van der Waals surface area contributed by atoms with Crippen molar-refractivity contribution in [3.05, 3.63) is 47.3 Å². The Morgan fingerprint density at radius 3 is 2.56 bits per heavy atom. The van der Waals surface area contributed by atoms with Gasteiger partial charge >= 0.3 is 0 Å². The van der Waals surface area contributed by atoms with Gasteiger partial charge in [0.1, 0.15) is 11.2 Å². The molecule has 1 atom stereocenters. The largest absolute Gasteiger partial charge is 0.351 e. The van der Waals surface area contributed by atoms with Gasteiger partial charge in [0.25, 0.3) is 11.8 Å². The highest BCUT2D eigenvalue weighted by atomic mass is 32.2. The van der Waals surface area contributed by atoms with Crippen molar-refractivity contribution in [2.45, 2.75) is 75.5 Å². The Hall–Kier alpha value is -2.81. The Balaban J connectivity index is 1.51. The molecule has 1 aromatic heterocycles. The van der Waals surface area contributed by atoms with Gasteiger partial charge in [-0.2, -0.15) is 5.10 Å². The Morgan fingerprint density at radius 1 is 1.21 bits per heavy atom. The molecule has 0 radical (unpaired) electrons. The average molecular weight is 484 g/mol. The SMILES string of the molecule is CCCN1C(=O)c2cc(C(=O)NCc3ccc(SC)cc3)nn2C[C@@]1(C)C(=O)NC1CCCC1. The van der Waals surface area contributed by atoms with E-state index in [1.165, 1.54) is 10.7 Å². The lowest BCUT2D eigenvalue weighted by Crippen LogP contribution is -2.65. The van der Waals surface area contributed by atoms with Gasteiger partial charge in [0.15, 0.2) is 5.69 Å². The first-order valence-corrected chi connectivity index (χ1v) is 13.2. The van der Waals surface area contributed by atoms with Gasteiger partial charge in [-0.05, 0) is 50.1 Å². The third-order valence-electron chi connectivity index (χ3n) is 6.77. The number of fused-ring (bicyclic) bond motifs is 1. The summed E-state index contributed by atoms with van der Waals surface area (Å²) in [5, 5.41) is 10.4. The number of benzene rings is 1. The molecule has 182 valence electrons. The number of aromatic nitrogens is 2. The number of nitrogens with zero attached hydrogens (tertiary/aromatic N) is 3. The zero-order valence-corrected chi connectivity index (χ0v) is 20.9. The number of thioether (sulfide) groups is 1. The van der Waals surface area contributed by atoms with Gasteiger partial charge in [-0.15, -0.1) is 11.8 Å². The molecule has 0 spiro atoms. The van der Waals surface area contributed by atoms with E-state index in [2.05, 4.69) is 15.7 Å². The molecule has 2 aromatic rings. The van der Waals surface area contributed by atoms with Crippen molar-refractivity contribution >= 4 is 29.5 Å². The van der Waals surface area contributed by atoms with Crippen LogP contribution in [0, 0.1) is 0 Å². The quantitative estimate of drug-likeness (QED) is 0.562. The van der Waals surface area contributed by atoms with Gasteiger partial charge in [-0.25, -0.2) is 0 Å². The lowest BCUT2D eigenvalue weighted by molar-refractivity contribution is -0.133. The second-order valence-electron chi connectivity index (χ2n) is 9.29. The second-order valence-corrected chi connectivity index (χ2v) is 10.2. The molecule has 0 unspecified atom stereocenters. The molecule has 4 rings (SSSR count). The van der Waals surface area contributed by atoms with Crippen molar-refractivity contribution in [1.82, 2.24) is 25.3 Å². The summed E-state index contributed by atoms with van der Waals surface area (Å²) in [6.07, 6.45) is 6.92. The van der Waals surface area contributed by atoms with E-state index in [4.69, 9.17) is 0 Å². The van der Waals surface area contributed by atoms with Crippen molar-refractivity contribution in [1.29, 1.82) is 0 Å². The van der Waals surface area contributed by atoms with Gasteiger partial charge in [-0.1, -0.05) is 31.9 Å². The smallest absolute Gasteiger partial charge is 0.273 e. The summed E-state index contributed by atoms with van der Waals surface area (Å²) in [5.41, 5.74) is 0.452. The highest BCUT2D eigenvalue weighted by molar-refractivity contribution is 7.98. The molecule has 9 heteroatoms. The van der Waals surface area contributed by atoms with E-state index < -0.39 is 5.54 Å². The van der Waals surface area contributed by atoms with Crippen LogP contribution in [-0.4, -0.2) is 56.8 Å². The normalized spacial score (nSPS) is 20.3. The molecule has 1 aliphatic carbocycles.